The highest BCUT2D eigenvalue weighted by Crippen LogP contribution is 2.22. The predicted molar refractivity (Wildman–Crippen MR) is 107 cm³/mol. The van der Waals surface area contributed by atoms with Gasteiger partial charge in [-0.05, 0) is 37.3 Å². The molecule has 1 N–H and O–H groups in total. The number of Topliss-reactive ketones (excluding diaryl/α,β-unsaturated/α-hetero) is 1. The lowest BCUT2D eigenvalue weighted by molar-refractivity contribution is 0.0320. The normalized spacial score (nSPS) is 12.5. The molecule has 3 aromatic rings. The summed E-state index contributed by atoms with van der Waals surface area (Å²) in [6, 6.07) is 13.4. The first-order valence-corrected chi connectivity index (χ1v) is 10.4. The zero-order valence-corrected chi connectivity index (χ0v) is 16.5. The number of ketones is 1. The van der Waals surface area contributed by atoms with Crippen LogP contribution < -0.4 is 4.72 Å². The van der Waals surface area contributed by atoms with E-state index in [1.54, 1.807) is 6.20 Å². The molecule has 0 aliphatic carbocycles. The third kappa shape index (κ3) is 4.23. The zero-order valence-electron chi connectivity index (χ0n) is 15.7. The number of aryl methyl sites for hydroxylation is 1. The van der Waals surface area contributed by atoms with E-state index in [2.05, 4.69) is 4.72 Å². The van der Waals surface area contributed by atoms with Gasteiger partial charge >= 0.3 is 5.97 Å². The topological polar surface area (TPSA) is 94.5 Å². The quantitative estimate of drug-likeness (QED) is 0.507. The molecule has 0 fully saturated rings. The summed E-state index contributed by atoms with van der Waals surface area (Å²) >= 11 is 0. The van der Waals surface area contributed by atoms with Crippen molar-refractivity contribution in [2.45, 2.75) is 13.0 Å². The Kier molecular flexibility index (Phi) is 5.24. The van der Waals surface area contributed by atoms with E-state index in [1.807, 2.05) is 35.9 Å². The summed E-state index contributed by atoms with van der Waals surface area (Å²) in [6.45, 7) is 1.51. The number of nitrogens with zero attached hydrogens (tertiary/aromatic N) is 1. The van der Waals surface area contributed by atoms with Crippen LogP contribution in [0.2, 0.25) is 0 Å². The van der Waals surface area contributed by atoms with E-state index in [0.29, 0.717) is 16.8 Å². The Morgan fingerprint density at radius 1 is 1.07 bits per heavy atom. The summed E-state index contributed by atoms with van der Waals surface area (Å²) in [5.41, 5.74) is 1.95. The fourth-order valence-corrected chi connectivity index (χ4v) is 3.50. The Morgan fingerprint density at radius 2 is 1.71 bits per heavy atom. The molecular formula is C20H20N2O5S. The molecule has 0 spiro atoms. The summed E-state index contributed by atoms with van der Waals surface area (Å²) in [5.74, 6) is -0.951. The SMILES string of the molecule is CC(OC(=O)c1cn(C)c2ccccc12)C(=O)c1ccc(NS(C)(=O)=O)cc1. The van der Waals surface area contributed by atoms with Gasteiger partial charge < -0.3 is 9.30 Å². The minimum Gasteiger partial charge on any atom is -0.451 e. The van der Waals surface area contributed by atoms with Crippen LogP contribution in [0.25, 0.3) is 10.9 Å². The number of hydrogen-bond acceptors (Lipinski definition) is 5. The second-order valence-corrected chi connectivity index (χ2v) is 8.28. The van der Waals surface area contributed by atoms with E-state index < -0.39 is 22.1 Å². The molecule has 0 amide bonds. The average molecular weight is 400 g/mol. The van der Waals surface area contributed by atoms with Gasteiger partial charge in [-0.2, -0.15) is 0 Å². The number of nitrogens with one attached hydrogen (secondary N) is 1. The van der Waals surface area contributed by atoms with Crippen LogP contribution in [-0.4, -0.2) is 37.1 Å². The highest BCUT2D eigenvalue weighted by molar-refractivity contribution is 7.92. The average Bonchev–Trinajstić information content (AvgIpc) is 2.98. The number of para-hydroxylation sites is 1. The first-order chi connectivity index (χ1) is 13.2. The Morgan fingerprint density at radius 3 is 2.36 bits per heavy atom. The fraction of sp³-hybridized carbons (Fsp3) is 0.200. The molecule has 0 saturated heterocycles. The first-order valence-electron chi connectivity index (χ1n) is 8.53. The van der Waals surface area contributed by atoms with Crippen LogP contribution in [0.4, 0.5) is 5.69 Å². The van der Waals surface area contributed by atoms with Crippen molar-refractivity contribution in [3.05, 3.63) is 65.9 Å². The minimum absolute atomic E-state index is 0.317. The number of aromatic nitrogens is 1. The molecule has 3 rings (SSSR count). The molecule has 1 aromatic heterocycles. The van der Waals surface area contributed by atoms with Crippen molar-refractivity contribution in [3.63, 3.8) is 0 Å². The monoisotopic (exact) mass is 400 g/mol. The number of anilines is 1. The van der Waals surface area contributed by atoms with Crippen molar-refractivity contribution in [2.75, 3.05) is 11.0 Å². The Balaban J connectivity index is 1.74. The third-order valence-electron chi connectivity index (χ3n) is 4.24. The molecule has 28 heavy (non-hydrogen) atoms. The molecule has 0 saturated carbocycles. The van der Waals surface area contributed by atoms with E-state index >= 15 is 0 Å². The third-order valence-corrected chi connectivity index (χ3v) is 4.85. The van der Waals surface area contributed by atoms with Gasteiger partial charge in [0.2, 0.25) is 15.8 Å². The minimum atomic E-state index is -3.40. The van der Waals surface area contributed by atoms with Gasteiger partial charge in [0.05, 0.1) is 11.8 Å². The molecule has 0 bridgehead atoms. The van der Waals surface area contributed by atoms with Gasteiger partial charge in [-0.1, -0.05) is 18.2 Å². The largest absolute Gasteiger partial charge is 0.451 e. The lowest BCUT2D eigenvalue weighted by Crippen LogP contribution is -2.24. The van der Waals surface area contributed by atoms with E-state index in [4.69, 9.17) is 4.74 Å². The standard InChI is InChI=1S/C20H20N2O5S/c1-13(19(23)14-8-10-15(11-9-14)21-28(3,25)26)27-20(24)17-12-22(2)18-7-5-4-6-16(17)18/h4-13,21H,1-3H3. The molecule has 0 radical (unpaired) electrons. The van der Waals surface area contributed by atoms with E-state index in [0.717, 1.165) is 17.2 Å². The molecule has 0 aliphatic rings. The maximum absolute atomic E-state index is 12.6. The van der Waals surface area contributed by atoms with Crippen molar-refractivity contribution < 1.29 is 22.7 Å². The zero-order chi connectivity index (χ0) is 20.5. The second kappa shape index (κ2) is 7.47. The molecular weight excluding hydrogens is 380 g/mol. The molecule has 146 valence electrons. The van der Waals surface area contributed by atoms with Gasteiger partial charge in [-0.15, -0.1) is 0 Å². The van der Waals surface area contributed by atoms with Crippen LogP contribution in [0.5, 0.6) is 0 Å². The molecule has 1 unspecified atom stereocenters. The smallest absolute Gasteiger partial charge is 0.341 e. The van der Waals surface area contributed by atoms with Crippen LogP contribution in [0.3, 0.4) is 0 Å². The number of rotatable bonds is 6. The molecule has 0 aliphatic heterocycles. The number of esters is 1. The number of sulfonamides is 1. The van der Waals surface area contributed by atoms with Gasteiger partial charge in [0, 0.05) is 35.4 Å². The van der Waals surface area contributed by atoms with Gasteiger partial charge in [-0.3, -0.25) is 9.52 Å². The predicted octanol–water partition coefficient (Wildman–Crippen LogP) is 2.98. The summed E-state index contributed by atoms with van der Waals surface area (Å²) < 4.78 is 32.0. The van der Waals surface area contributed by atoms with Crippen molar-refractivity contribution in [1.29, 1.82) is 0 Å². The first kappa shape index (κ1) is 19.6. The Hall–Kier alpha value is -3.13. The van der Waals surface area contributed by atoms with Crippen molar-refractivity contribution in [1.82, 2.24) is 4.57 Å². The molecule has 1 heterocycles. The summed E-state index contributed by atoms with van der Waals surface area (Å²) in [7, 11) is -1.56. The van der Waals surface area contributed by atoms with Gasteiger partial charge in [-0.25, -0.2) is 13.2 Å². The highest BCUT2D eigenvalue weighted by Gasteiger charge is 2.22. The van der Waals surface area contributed by atoms with Crippen LogP contribution in [0.1, 0.15) is 27.6 Å². The van der Waals surface area contributed by atoms with E-state index in [9.17, 15) is 18.0 Å². The van der Waals surface area contributed by atoms with Crippen molar-refractivity contribution in [2.24, 2.45) is 7.05 Å². The number of hydrogen-bond donors (Lipinski definition) is 1. The van der Waals surface area contributed by atoms with Crippen LogP contribution >= 0.6 is 0 Å². The number of carbonyl (C=O) groups excluding carboxylic acids is 2. The Bertz CT molecular complexity index is 1150. The molecule has 7 nitrogen and oxygen atoms in total. The van der Waals surface area contributed by atoms with Crippen molar-refractivity contribution >= 4 is 38.4 Å². The fourth-order valence-electron chi connectivity index (χ4n) is 2.93. The highest BCUT2D eigenvalue weighted by atomic mass is 32.2. The lowest BCUT2D eigenvalue weighted by Gasteiger charge is -2.12. The van der Waals surface area contributed by atoms with Crippen LogP contribution in [0, 0.1) is 0 Å². The lowest BCUT2D eigenvalue weighted by atomic mass is 10.1. The maximum atomic E-state index is 12.6. The van der Waals surface area contributed by atoms with Gasteiger partial charge in [0.1, 0.15) is 0 Å². The van der Waals surface area contributed by atoms with Gasteiger partial charge in [0.25, 0.3) is 0 Å². The van der Waals surface area contributed by atoms with E-state index in [1.165, 1.54) is 31.2 Å². The van der Waals surface area contributed by atoms with Crippen molar-refractivity contribution in [3.8, 4) is 0 Å². The maximum Gasteiger partial charge on any atom is 0.341 e. The Labute approximate surface area is 163 Å². The van der Waals surface area contributed by atoms with Gasteiger partial charge in [0.15, 0.2) is 6.10 Å². The summed E-state index contributed by atoms with van der Waals surface area (Å²) in [6.07, 6.45) is 1.73. The molecule has 1 atom stereocenters. The molecule has 8 heteroatoms. The summed E-state index contributed by atoms with van der Waals surface area (Å²) in [4.78, 5) is 25.1. The number of carbonyl (C=O) groups is 2. The van der Waals surface area contributed by atoms with Crippen LogP contribution in [0.15, 0.2) is 54.7 Å². The number of ether oxygens (including phenoxy) is 1. The van der Waals surface area contributed by atoms with E-state index in [-0.39, 0.29) is 5.78 Å². The molecule has 2 aromatic carbocycles. The number of benzene rings is 2. The summed E-state index contributed by atoms with van der Waals surface area (Å²) in [5, 5.41) is 0.755. The second-order valence-electron chi connectivity index (χ2n) is 6.53. The van der Waals surface area contributed by atoms with Crippen LogP contribution in [-0.2, 0) is 21.8 Å². The number of fused-ring (bicyclic) bond motifs is 1.